The first-order valence-corrected chi connectivity index (χ1v) is 9.95. The minimum atomic E-state index is -0.707. The van der Waals surface area contributed by atoms with E-state index in [1.54, 1.807) is 31.3 Å². The molecule has 1 N–H and O–H groups in total. The number of hydrogen-bond donors (Lipinski definition) is 1. The monoisotopic (exact) mass is 448 g/mol. The molecule has 1 unspecified atom stereocenters. The summed E-state index contributed by atoms with van der Waals surface area (Å²) in [5, 5.41) is 13.7. The van der Waals surface area contributed by atoms with E-state index < -0.39 is 16.1 Å². The molecule has 1 aliphatic heterocycles. The summed E-state index contributed by atoms with van der Waals surface area (Å²) in [6, 6.07) is 10.8. The molecule has 9 nitrogen and oxygen atoms in total. The lowest BCUT2D eigenvalue weighted by atomic mass is 10.2. The number of nitro benzene ring substituents is 1. The van der Waals surface area contributed by atoms with E-state index in [0.717, 1.165) is 11.8 Å². The van der Waals surface area contributed by atoms with Crippen LogP contribution in [-0.4, -0.2) is 46.2 Å². The Balaban J connectivity index is 1.75. The highest BCUT2D eigenvalue weighted by molar-refractivity contribution is 8.15. The Kier molecular flexibility index (Phi) is 6.58. The molecule has 1 fully saturated rings. The van der Waals surface area contributed by atoms with Gasteiger partial charge in [-0.05, 0) is 24.3 Å². The van der Waals surface area contributed by atoms with Crippen molar-refractivity contribution in [2.45, 2.75) is 11.7 Å². The van der Waals surface area contributed by atoms with Gasteiger partial charge in [-0.25, -0.2) is 4.99 Å². The van der Waals surface area contributed by atoms with Crippen LogP contribution in [0.2, 0.25) is 5.02 Å². The zero-order valence-electron chi connectivity index (χ0n) is 16.0. The molecule has 0 aromatic heterocycles. The third-order valence-electron chi connectivity index (χ3n) is 4.24. The Morgan fingerprint density at radius 1 is 1.37 bits per heavy atom. The maximum Gasteiger partial charge on any atom is 0.292 e. The van der Waals surface area contributed by atoms with Crippen molar-refractivity contribution in [1.29, 1.82) is 0 Å². The number of carbonyl (C=O) groups excluding carboxylic acids is 2. The number of rotatable bonds is 6. The van der Waals surface area contributed by atoms with E-state index in [2.05, 4.69) is 10.3 Å². The van der Waals surface area contributed by atoms with Crippen LogP contribution < -0.4 is 10.1 Å². The summed E-state index contributed by atoms with van der Waals surface area (Å²) in [6.07, 6.45) is -0.161. The highest BCUT2D eigenvalue weighted by Gasteiger charge is 2.37. The molecule has 11 heteroatoms. The molecule has 0 bridgehead atoms. The van der Waals surface area contributed by atoms with E-state index in [9.17, 15) is 19.7 Å². The van der Waals surface area contributed by atoms with Crippen molar-refractivity contribution in [3.05, 3.63) is 57.6 Å². The minimum Gasteiger partial charge on any atom is -0.494 e. The van der Waals surface area contributed by atoms with E-state index in [4.69, 9.17) is 16.3 Å². The lowest BCUT2D eigenvalue weighted by Gasteiger charge is -2.10. The van der Waals surface area contributed by atoms with Gasteiger partial charge in [-0.15, -0.1) is 0 Å². The average Bonchev–Trinajstić information content (AvgIpc) is 2.96. The Bertz CT molecular complexity index is 1050. The van der Waals surface area contributed by atoms with Crippen LogP contribution in [0.4, 0.5) is 17.1 Å². The van der Waals surface area contributed by atoms with Gasteiger partial charge in [0.05, 0.1) is 12.0 Å². The Hall–Kier alpha value is -3.11. The van der Waals surface area contributed by atoms with Crippen LogP contribution in [0.25, 0.3) is 0 Å². The zero-order chi connectivity index (χ0) is 21.8. The summed E-state index contributed by atoms with van der Waals surface area (Å²) in [4.78, 5) is 41.3. The van der Waals surface area contributed by atoms with Crippen molar-refractivity contribution >= 4 is 57.4 Å². The molecule has 1 heterocycles. The maximum atomic E-state index is 12.6. The number of amidine groups is 1. The van der Waals surface area contributed by atoms with E-state index >= 15 is 0 Å². The second-order valence-corrected chi connectivity index (χ2v) is 7.85. The van der Waals surface area contributed by atoms with Gasteiger partial charge in [-0.1, -0.05) is 35.5 Å². The molecule has 1 saturated heterocycles. The SMILES string of the molecule is COc1ccc(Cl)cc1N=C1SC(CC(=O)Nc2ccccc2[N+](=O)[O-])C(=O)N1C. The molecule has 1 atom stereocenters. The highest BCUT2D eigenvalue weighted by Crippen LogP contribution is 2.35. The molecular weight excluding hydrogens is 432 g/mol. The summed E-state index contributed by atoms with van der Waals surface area (Å²) in [7, 11) is 3.06. The van der Waals surface area contributed by atoms with Crippen LogP contribution in [0.15, 0.2) is 47.5 Å². The fourth-order valence-electron chi connectivity index (χ4n) is 2.76. The van der Waals surface area contributed by atoms with Gasteiger partial charge in [-0.3, -0.25) is 24.6 Å². The Morgan fingerprint density at radius 2 is 2.10 bits per heavy atom. The zero-order valence-corrected chi connectivity index (χ0v) is 17.6. The Morgan fingerprint density at radius 3 is 2.80 bits per heavy atom. The predicted octanol–water partition coefficient (Wildman–Crippen LogP) is 3.85. The number of aliphatic imine (C=N–C) groups is 1. The number of anilines is 1. The molecule has 0 saturated carbocycles. The number of carbonyl (C=O) groups is 2. The summed E-state index contributed by atoms with van der Waals surface area (Å²) in [6.45, 7) is 0. The molecule has 156 valence electrons. The molecule has 30 heavy (non-hydrogen) atoms. The number of nitro groups is 1. The average molecular weight is 449 g/mol. The van der Waals surface area contributed by atoms with Crippen molar-refractivity contribution in [3.63, 3.8) is 0 Å². The summed E-state index contributed by atoms with van der Waals surface area (Å²) in [5.41, 5.74) is 0.315. The van der Waals surface area contributed by atoms with E-state index in [1.807, 2.05) is 0 Å². The number of benzene rings is 2. The van der Waals surface area contributed by atoms with Gasteiger partial charge < -0.3 is 10.1 Å². The van der Waals surface area contributed by atoms with Crippen LogP contribution >= 0.6 is 23.4 Å². The highest BCUT2D eigenvalue weighted by atomic mass is 35.5. The van der Waals surface area contributed by atoms with E-state index in [0.29, 0.717) is 21.6 Å². The number of halogens is 1. The van der Waals surface area contributed by atoms with Crippen molar-refractivity contribution in [1.82, 2.24) is 4.90 Å². The molecule has 0 radical (unpaired) electrons. The van der Waals surface area contributed by atoms with E-state index in [1.165, 1.54) is 30.2 Å². The van der Waals surface area contributed by atoms with Gasteiger partial charge in [0.2, 0.25) is 11.8 Å². The second kappa shape index (κ2) is 9.14. The standard InChI is InChI=1S/C19H17ClN4O5S/c1-23-18(26)16(10-17(25)21-12-5-3-4-6-14(12)24(27)28)30-19(23)22-13-9-11(20)7-8-15(13)29-2/h3-9,16H,10H2,1-2H3,(H,21,25). The quantitative estimate of drug-likeness (QED) is 0.530. The normalized spacial score (nSPS) is 17.3. The Labute approximate surface area is 181 Å². The number of amides is 2. The van der Waals surface area contributed by atoms with Gasteiger partial charge in [0.15, 0.2) is 5.17 Å². The van der Waals surface area contributed by atoms with Gasteiger partial charge in [-0.2, -0.15) is 0 Å². The lowest BCUT2D eigenvalue weighted by molar-refractivity contribution is -0.383. The number of nitrogens with zero attached hydrogens (tertiary/aromatic N) is 3. The molecule has 2 aromatic rings. The van der Waals surface area contributed by atoms with Gasteiger partial charge >= 0.3 is 0 Å². The van der Waals surface area contributed by atoms with Gasteiger partial charge in [0.25, 0.3) is 5.69 Å². The van der Waals surface area contributed by atoms with Gasteiger partial charge in [0, 0.05) is 24.6 Å². The molecular formula is C19H17ClN4O5S. The fourth-order valence-corrected chi connectivity index (χ4v) is 4.07. The summed E-state index contributed by atoms with van der Waals surface area (Å²) < 4.78 is 5.26. The second-order valence-electron chi connectivity index (χ2n) is 6.24. The van der Waals surface area contributed by atoms with E-state index in [-0.39, 0.29) is 23.7 Å². The lowest BCUT2D eigenvalue weighted by Crippen LogP contribution is -2.30. The van der Waals surface area contributed by atoms with Crippen LogP contribution in [0.3, 0.4) is 0 Å². The van der Waals surface area contributed by atoms with Crippen molar-refractivity contribution in [2.75, 3.05) is 19.5 Å². The van der Waals surface area contributed by atoms with Gasteiger partial charge in [0.1, 0.15) is 22.4 Å². The first-order valence-electron chi connectivity index (χ1n) is 8.70. The topological polar surface area (TPSA) is 114 Å². The fraction of sp³-hybridized carbons (Fsp3) is 0.211. The van der Waals surface area contributed by atoms with Crippen LogP contribution in [0, 0.1) is 10.1 Å². The van der Waals surface area contributed by atoms with Crippen LogP contribution in [0.1, 0.15) is 6.42 Å². The van der Waals surface area contributed by atoms with Crippen molar-refractivity contribution in [3.8, 4) is 5.75 Å². The molecule has 3 rings (SSSR count). The third-order valence-corrected chi connectivity index (χ3v) is 5.71. The van der Waals surface area contributed by atoms with Crippen LogP contribution in [0.5, 0.6) is 5.75 Å². The summed E-state index contributed by atoms with van der Waals surface area (Å²) >= 11 is 7.15. The smallest absolute Gasteiger partial charge is 0.292 e. The largest absolute Gasteiger partial charge is 0.494 e. The molecule has 2 amide bonds. The number of nitrogens with one attached hydrogen (secondary N) is 1. The predicted molar refractivity (Wildman–Crippen MR) is 116 cm³/mol. The molecule has 0 spiro atoms. The van der Waals surface area contributed by atoms with Crippen LogP contribution in [-0.2, 0) is 9.59 Å². The molecule has 1 aliphatic rings. The molecule has 0 aliphatic carbocycles. The molecule has 2 aromatic carbocycles. The number of ether oxygens (including phenoxy) is 1. The number of methoxy groups -OCH3 is 1. The summed E-state index contributed by atoms with van der Waals surface area (Å²) in [5.74, 6) is -0.312. The minimum absolute atomic E-state index is 0.0776. The first kappa shape index (κ1) is 21.6. The number of hydrogen-bond acceptors (Lipinski definition) is 7. The number of para-hydroxylation sites is 2. The van der Waals surface area contributed by atoms with Crippen molar-refractivity contribution < 1.29 is 19.2 Å². The first-order chi connectivity index (χ1) is 14.3. The number of thioether (sulfide) groups is 1. The maximum absolute atomic E-state index is 12.6. The van der Waals surface area contributed by atoms with Crippen molar-refractivity contribution in [2.24, 2.45) is 4.99 Å². The third kappa shape index (κ3) is 4.71.